The molecule has 4 aliphatic rings. The molecule has 5 rings (SSSR count). The number of amides is 3. The number of imide groups is 1. The Morgan fingerprint density at radius 3 is 2.23 bits per heavy atom. The molecule has 4 saturated carbocycles. The van der Waals surface area contributed by atoms with Gasteiger partial charge in [-0.05, 0) is 81.8 Å². The molecule has 0 aliphatic heterocycles. The van der Waals surface area contributed by atoms with Crippen LogP contribution in [-0.2, 0) is 14.3 Å². The lowest BCUT2D eigenvalue weighted by Gasteiger charge is -2.56. The van der Waals surface area contributed by atoms with Gasteiger partial charge in [-0.15, -0.1) is 0 Å². The maximum Gasteiger partial charge on any atom is 0.344 e. The monoisotopic (exact) mass is 414 g/mol. The lowest BCUT2D eigenvalue weighted by molar-refractivity contribution is -0.150. The van der Waals surface area contributed by atoms with Crippen LogP contribution in [0.5, 0.6) is 5.75 Å². The predicted molar refractivity (Wildman–Crippen MR) is 110 cm³/mol. The standard InChI is InChI=1S/C23H30N2O5/c1-14-3-4-19(15(2)5-14)29-13-21(27)30-12-20(26)24-22(28)25-23-9-16-6-17(10-23)8-18(7-16)11-23/h3-5,16-18H,6-13H2,1-2H3,(H2,24,25,26,28). The molecule has 30 heavy (non-hydrogen) atoms. The normalized spacial score (nSPS) is 28.7. The first-order valence-electron chi connectivity index (χ1n) is 10.8. The maximum atomic E-state index is 12.4. The smallest absolute Gasteiger partial charge is 0.344 e. The van der Waals surface area contributed by atoms with Gasteiger partial charge in [0.25, 0.3) is 5.91 Å². The largest absolute Gasteiger partial charge is 0.482 e. The van der Waals surface area contributed by atoms with Gasteiger partial charge in [0.05, 0.1) is 0 Å². The Balaban J connectivity index is 1.18. The van der Waals surface area contributed by atoms with Crippen LogP contribution in [0.3, 0.4) is 0 Å². The Morgan fingerprint density at radius 1 is 1.00 bits per heavy atom. The summed E-state index contributed by atoms with van der Waals surface area (Å²) < 4.78 is 10.4. The number of carbonyl (C=O) groups is 3. The zero-order valence-corrected chi connectivity index (χ0v) is 17.7. The third-order valence-corrected chi connectivity index (χ3v) is 6.71. The Hall–Kier alpha value is -2.57. The fourth-order valence-corrected chi connectivity index (χ4v) is 5.98. The predicted octanol–water partition coefficient (Wildman–Crippen LogP) is 3.02. The van der Waals surface area contributed by atoms with Gasteiger partial charge in [0.15, 0.2) is 13.2 Å². The van der Waals surface area contributed by atoms with E-state index in [0.717, 1.165) is 30.4 Å². The number of hydrogen-bond acceptors (Lipinski definition) is 5. The SMILES string of the molecule is Cc1ccc(OCC(=O)OCC(=O)NC(=O)NC23CC4CC(CC(C4)C2)C3)c(C)c1. The van der Waals surface area contributed by atoms with Crippen molar-refractivity contribution in [2.24, 2.45) is 17.8 Å². The number of aryl methyl sites for hydroxylation is 2. The number of carbonyl (C=O) groups excluding carboxylic acids is 3. The number of rotatable bonds is 6. The number of benzene rings is 1. The molecule has 1 aromatic rings. The van der Waals surface area contributed by atoms with Crippen molar-refractivity contribution in [1.29, 1.82) is 0 Å². The van der Waals surface area contributed by atoms with Crippen molar-refractivity contribution in [3.8, 4) is 5.75 Å². The summed E-state index contributed by atoms with van der Waals surface area (Å²) in [4.78, 5) is 36.2. The number of esters is 1. The lowest BCUT2D eigenvalue weighted by Crippen LogP contribution is -2.62. The van der Waals surface area contributed by atoms with E-state index < -0.39 is 24.5 Å². The molecule has 3 amide bonds. The highest BCUT2D eigenvalue weighted by molar-refractivity contribution is 5.95. The molecular weight excluding hydrogens is 384 g/mol. The summed E-state index contributed by atoms with van der Waals surface area (Å²) in [5.41, 5.74) is 1.85. The molecule has 0 atom stereocenters. The van der Waals surface area contributed by atoms with E-state index in [1.54, 1.807) is 6.07 Å². The summed E-state index contributed by atoms with van der Waals surface area (Å²) >= 11 is 0. The molecule has 4 bridgehead atoms. The molecule has 0 aromatic heterocycles. The van der Waals surface area contributed by atoms with Gasteiger partial charge in [-0.25, -0.2) is 9.59 Å². The van der Waals surface area contributed by atoms with E-state index in [2.05, 4.69) is 10.6 Å². The van der Waals surface area contributed by atoms with E-state index in [-0.39, 0.29) is 12.1 Å². The zero-order chi connectivity index (χ0) is 21.3. The first kappa shape index (κ1) is 20.7. The second-order valence-electron chi connectivity index (χ2n) is 9.42. The topological polar surface area (TPSA) is 93.7 Å². The minimum atomic E-state index is -0.661. The molecule has 0 saturated heterocycles. The van der Waals surface area contributed by atoms with Crippen molar-refractivity contribution >= 4 is 17.9 Å². The summed E-state index contributed by atoms with van der Waals surface area (Å²) in [5, 5.41) is 5.36. The van der Waals surface area contributed by atoms with Gasteiger partial charge in [-0.2, -0.15) is 0 Å². The van der Waals surface area contributed by atoms with Gasteiger partial charge >= 0.3 is 12.0 Å². The average molecular weight is 415 g/mol. The molecule has 4 aliphatic carbocycles. The third kappa shape index (κ3) is 4.77. The average Bonchev–Trinajstić information content (AvgIpc) is 2.64. The second kappa shape index (κ2) is 8.28. The molecule has 1 aromatic carbocycles. The molecule has 0 spiro atoms. The molecule has 2 N–H and O–H groups in total. The highest BCUT2D eigenvalue weighted by atomic mass is 16.6. The number of nitrogens with one attached hydrogen (secondary N) is 2. The second-order valence-corrected chi connectivity index (χ2v) is 9.42. The van der Waals surface area contributed by atoms with E-state index in [9.17, 15) is 14.4 Å². The van der Waals surface area contributed by atoms with Gasteiger partial charge in [0.2, 0.25) is 0 Å². The van der Waals surface area contributed by atoms with Crippen LogP contribution in [-0.4, -0.2) is 36.7 Å². The van der Waals surface area contributed by atoms with Crippen molar-refractivity contribution in [3.05, 3.63) is 29.3 Å². The first-order chi connectivity index (χ1) is 14.3. The first-order valence-corrected chi connectivity index (χ1v) is 10.8. The van der Waals surface area contributed by atoms with Gasteiger partial charge in [0, 0.05) is 5.54 Å². The zero-order valence-electron chi connectivity index (χ0n) is 17.7. The minimum Gasteiger partial charge on any atom is -0.482 e. The maximum absolute atomic E-state index is 12.4. The van der Waals surface area contributed by atoms with Gasteiger partial charge < -0.3 is 14.8 Å². The highest BCUT2D eigenvalue weighted by Crippen LogP contribution is 2.55. The molecule has 4 fully saturated rings. The molecule has 162 valence electrons. The Morgan fingerprint density at radius 2 is 1.63 bits per heavy atom. The van der Waals surface area contributed by atoms with Crippen molar-refractivity contribution in [2.45, 2.75) is 57.9 Å². The number of urea groups is 1. The Kier molecular flexibility index (Phi) is 5.71. The van der Waals surface area contributed by atoms with Crippen LogP contribution in [0.1, 0.15) is 49.7 Å². The van der Waals surface area contributed by atoms with Crippen LogP contribution >= 0.6 is 0 Å². The molecule has 7 heteroatoms. The van der Waals surface area contributed by atoms with Crippen molar-refractivity contribution in [2.75, 3.05) is 13.2 Å². The van der Waals surface area contributed by atoms with E-state index in [1.807, 2.05) is 26.0 Å². The number of hydrogen-bond donors (Lipinski definition) is 2. The summed E-state index contributed by atoms with van der Waals surface area (Å²) in [6, 6.07) is 5.14. The van der Waals surface area contributed by atoms with E-state index in [1.165, 1.54) is 19.3 Å². The number of ether oxygens (including phenoxy) is 2. The quantitative estimate of drug-likeness (QED) is 0.698. The summed E-state index contributed by atoms with van der Waals surface area (Å²) in [6.07, 6.45) is 6.85. The summed E-state index contributed by atoms with van der Waals surface area (Å²) in [6.45, 7) is 3.06. The lowest BCUT2D eigenvalue weighted by atomic mass is 9.53. The molecule has 0 unspecified atom stereocenters. The van der Waals surface area contributed by atoms with Crippen molar-refractivity contribution in [1.82, 2.24) is 10.6 Å². The van der Waals surface area contributed by atoms with Crippen molar-refractivity contribution < 1.29 is 23.9 Å². The van der Waals surface area contributed by atoms with Crippen LogP contribution < -0.4 is 15.4 Å². The molecular formula is C23H30N2O5. The Labute approximate surface area is 176 Å². The van der Waals surface area contributed by atoms with Crippen LogP contribution in [0.4, 0.5) is 4.79 Å². The van der Waals surface area contributed by atoms with E-state index in [0.29, 0.717) is 23.5 Å². The van der Waals surface area contributed by atoms with Crippen LogP contribution in [0.25, 0.3) is 0 Å². The van der Waals surface area contributed by atoms with Gasteiger partial charge in [-0.1, -0.05) is 17.7 Å². The molecule has 0 radical (unpaired) electrons. The van der Waals surface area contributed by atoms with Crippen molar-refractivity contribution in [3.63, 3.8) is 0 Å². The van der Waals surface area contributed by atoms with E-state index in [4.69, 9.17) is 9.47 Å². The van der Waals surface area contributed by atoms with Crippen LogP contribution in [0.2, 0.25) is 0 Å². The minimum absolute atomic E-state index is 0.171. The van der Waals surface area contributed by atoms with Gasteiger partial charge in [-0.3, -0.25) is 10.1 Å². The highest BCUT2D eigenvalue weighted by Gasteiger charge is 2.51. The van der Waals surface area contributed by atoms with E-state index >= 15 is 0 Å². The summed E-state index contributed by atoms with van der Waals surface area (Å²) in [5.74, 6) is 1.39. The molecule has 0 heterocycles. The van der Waals surface area contributed by atoms with Gasteiger partial charge in [0.1, 0.15) is 5.75 Å². The Bertz CT molecular complexity index is 815. The van der Waals surface area contributed by atoms with Crippen LogP contribution in [0.15, 0.2) is 18.2 Å². The fourth-order valence-electron chi connectivity index (χ4n) is 5.98. The van der Waals surface area contributed by atoms with Crippen LogP contribution in [0, 0.1) is 31.6 Å². The molecule has 7 nitrogen and oxygen atoms in total. The fraction of sp³-hybridized carbons (Fsp3) is 0.609. The third-order valence-electron chi connectivity index (χ3n) is 6.71. The summed E-state index contributed by atoms with van der Waals surface area (Å²) in [7, 11) is 0.